The summed E-state index contributed by atoms with van der Waals surface area (Å²) in [6.45, 7) is 11.6. The van der Waals surface area contributed by atoms with Crippen molar-refractivity contribution >= 4 is 18.0 Å². The number of aromatic nitrogens is 4. The Kier molecular flexibility index (Phi) is 19.1. The summed E-state index contributed by atoms with van der Waals surface area (Å²) in [6, 6.07) is -0.223. The molecule has 14 heteroatoms. The lowest BCUT2D eigenvalue weighted by atomic mass is 9.84. The van der Waals surface area contributed by atoms with Gasteiger partial charge >= 0.3 is 18.0 Å². The van der Waals surface area contributed by atoms with Crippen LogP contribution in [-0.2, 0) is 32.2 Å². The number of nitrogens with one attached hydrogen (secondary N) is 1. The van der Waals surface area contributed by atoms with Crippen LogP contribution in [0.1, 0.15) is 192 Å². The molecule has 2 saturated carbocycles. The van der Waals surface area contributed by atoms with E-state index in [-0.39, 0.29) is 55.7 Å². The number of carbonyl (C=O) groups excluding carboxylic acids is 3. The van der Waals surface area contributed by atoms with Crippen molar-refractivity contribution in [3.8, 4) is 0 Å². The molecule has 0 unspecified atom stereocenters. The number of hydrogen-bond acceptors (Lipinski definition) is 12. The van der Waals surface area contributed by atoms with E-state index in [0.29, 0.717) is 23.4 Å². The molecule has 14 nitrogen and oxygen atoms in total. The van der Waals surface area contributed by atoms with Gasteiger partial charge in [0, 0.05) is 25.9 Å². The zero-order valence-corrected chi connectivity index (χ0v) is 35.1. The second-order valence-corrected chi connectivity index (χ2v) is 17.7. The first-order valence-electron chi connectivity index (χ1n) is 20.7. The Hall–Kier alpha value is -3.55. The van der Waals surface area contributed by atoms with Crippen molar-refractivity contribution in [1.29, 1.82) is 0 Å². The van der Waals surface area contributed by atoms with Gasteiger partial charge in [-0.25, -0.2) is 4.79 Å². The van der Waals surface area contributed by atoms with Crippen molar-refractivity contribution in [2.24, 2.45) is 17.6 Å². The molecule has 0 bridgehead atoms. The molecule has 0 radical (unpaired) electrons. The van der Waals surface area contributed by atoms with E-state index in [4.69, 9.17) is 24.3 Å². The summed E-state index contributed by atoms with van der Waals surface area (Å²) < 4.78 is 21.8. The minimum atomic E-state index is -0.528. The van der Waals surface area contributed by atoms with E-state index in [1.54, 1.807) is 14.1 Å². The first kappa shape index (κ1) is 45.8. The highest BCUT2D eigenvalue weighted by molar-refractivity contribution is 5.73. The summed E-state index contributed by atoms with van der Waals surface area (Å²) in [5.74, 6) is 2.72. The number of urea groups is 1. The maximum atomic E-state index is 12.4. The second kappa shape index (κ2) is 22.9. The topological polar surface area (TPSA) is 189 Å². The van der Waals surface area contributed by atoms with E-state index in [1.807, 2.05) is 41.5 Å². The number of carbonyl (C=O) groups is 3. The molecule has 3 N–H and O–H groups in total. The smallest absolute Gasteiger partial charge is 0.317 e. The Morgan fingerprint density at radius 1 is 0.727 bits per heavy atom. The van der Waals surface area contributed by atoms with E-state index in [2.05, 4.69) is 25.6 Å². The average Bonchev–Trinajstić information content (AvgIpc) is 3.80. The van der Waals surface area contributed by atoms with Crippen LogP contribution in [-0.4, -0.2) is 68.4 Å². The molecule has 4 rings (SSSR count). The van der Waals surface area contributed by atoms with Gasteiger partial charge in [-0.1, -0.05) is 100 Å². The first-order chi connectivity index (χ1) is 26.0. The Morgan fingerprint density at radius 3 is 1.53 bits per heavy atom. The first-order valence-corrected chi connectivity index (χ1v) is 20.7. The highest BCUT2D eigenvalue weighted by atomic mass is 16.6. The largest absolute Gasteiger partial charge is 0.460 e. The van der Waals surface area contributed by atoms with Crippen LogP contribution in [0.5, 0.6) is 0 Å². The van der Waals surface area contributed by atoms with Gasteiger partial charge in [0.25, 0.3) is 0 Å². The highest BCUT2D eigenvalue weighted by Crippen LogP contribution is 2.33. The molecule has 55 heavy (non-hydrogen) atoms. The van der Waals surface area contributed by atoms with Crippen LogP contribution in [0.2, 0.25) is 0 Å². The number of hydrogen-bond donors (Lipinski definition) is 2. The van der Waals surface area contributed by atoms with Crippen molar-refractivity contribution in [2.75, 3.05) is 14.1 Å². The van der Waals surface area contributed by atoms with Crippen LogP contribution in [0.15, 0.2) is 9.05 Å². The van der Waals surface area contributed by atoms with Gasteiger partial charge < -0.3 is 34.5 Å². The maximum absolute atomic E-state index is 12.4. The fourth-order valence-corrected chi connectivity index (χ4v) is 7.39. The summed E-state index contributed by atoms with van der Waals surface area (Å²) in [5, 5.41) is 10.6. The van der Waals surface area contributed by atoms with Gasteiger partial charge in [-0.3, -0.25) is 9.59 Å². The minimum Gasteiger partial charge on any atom is -0.460 e. The summed E-state index contributed by atoms with van der Waals surface area (Å²) in [6.07, 6.45) is 20.0. The molecule has 2 fully saturated rings. The molecule has 2 atom stereocenters. The van der Waals surface area contributed by atoms with Gasteiger partial charge in [-0.15, -0.1) is 0 Å². The number of esters is 2. The van der Waals surface area contributed by atoms with E-state index in [1.165, 1.54) is 81.9 Å². The Labute approximate surface area is 329 Å². The predicted molar refractivity (Wildman–Crippen MR) is 210 cm³/mol. The third kappa shape index (κ3) is 18.8. The van der Waals surface area contributed by atoms with Crippen LogP contribution in [0, 0.1) is 11.8 Å². The van der Waals surface area contributed by atoms with E-state index in [0.717, 1.165) is 37.5 Å². The van der Waals surface area contributed by atoms with Gasteiger partial charge in [-0.05, 0) is 66.2 Å². The highest BCUT2D eigenvalue weighted by Gasteiger charge is 2.28. The monoisotopic (exact) mass is 774 g/mol. The fourth-order valence-electron chi connectivity index (χ4n) is 7.39. The van der Waals surface area contributed by atoms with Gasteiger partial charge in [0.2, 0.25) is 11.8 Å². The lowest BCUT2D eigenvalue weighted by molar-refractivity contribution is -0.156. The summed E-state index contributed by atoms with van der Waals surface area (Å²) in [7, 11) is 3.33. The van der Waals surface area contributed by atoms with Crippen molar-refractivity contribution < 1.29 is 32.9 Å². The third-order valence-corrected chi connectivity index (χ3v) is 10.1. The molecule has 312 valence electrons. The quantitative estimate of drug-likeness (QED) is 0.146. The maximum Gasteiger partial charge on any atom is 0.317 e. The van der Waals surface area contributed by atoms with Crippen molar-refractivity contribution in [1.82, 2.24) is 30.5 Å². The third-order valence-electron chi connectivity index (χ3n) is 10.1. The van der Waals surface area contributed by atoms with Gasteiger partial charge in [0.1, 0.15) is 11.2 Å². The molecular weight excluding hydrogens is 702 g/mol. The Balaban J connectivity index is 0.000000300. The lowest BCUT2D eigenvalue weighted by Gasteiger charge is -2.23. The van der Waals surface area contributed by atoms with Crippen LogP contribution in [0.25, 0.3) is 0 Å². The summed E-state index contributed by atoms with van der Waals surface area (Å²) >= 11 is 0. The standard InChI is InChI=1S/C22H38N4O4.C19H33N3O3/c1-22(2,3)29-19(27)14-17(13-9-12-16-10-7-6-8-11-16)20-24-18(25-30-20)15-23-21(28)26(4)5;1-19(2,3)24-17(23)12-15(18-21-16(13-20)22-25-18)11-7-10-14-8-5-4-6-9-14/h16-17H,6-15H2,1-5H3,(H,23,28);14-15H,4-13,20H2,1-3H3/t17-;15-/m11/s1. The molecule has 2 amide bonds. The lowest BCUT2D eigenvalue weighted by Crippen LogP contribution is -2.34. The normalized spacial score (nSPS) is 16.7. The van der Waals surface area contributed by atoms with E-state index < -0.39 is 11.2 Å². The fraction of sp³-hybridized carbons (Fsp3) is 0.829. The molecular formula is C41H71N7O7. The van der Waals surface area contributed by atoms with E-state index in [9.17, 15) is 14.4 Å². The average molecular weight is 774 g/mol. The molecule has 2 heterocycles. The number of nitrogens with two attached hydrogens (primary N) is 1. The molecule has 2 aliphatic carbocycles. The zero-order valence-electron chi connectivity index (χ0n) is 35.1. The molecule has 0 spiro atoms. The number of ether oxygens (including phenoxy) is 2. The minimum absolute atomic E-state index is 0.0914. The molecule has 0 aromatic carbocycles. The number of rotatable bonds is 17. The van der Waals surface area contributed by atoms with Crippen molar-refractivity contribution in [2.45, 2.75) is 193 Å². The summed E-state index contributed by atoms with van der Waals surface area (Å²) in [4.78, 5) is 46.6. The SMILES string of the molecule is CC(C)(C)OC(=O)C[C@@H](CCCC1CCCCC1)c1nc(CN)no1.CN(C)C(=O)NCc1noc([C@H](CCCC2CCCCC2)CC(=O)OC(C)(C)C)n1. The predicted octanol–water partition coefficient (Wildman–Crippen LogP) is 8.50. The van der Waals surface area contributed by atoms with Crippen LogP contribution < -0.4 is 11.1 Å². The molecule has 2 aromatic rings. The van der Waals surface area contributed by atoms with Crippen molar-refractivity contribution in [3.63, 3.8) is 0 Å². The molecule has 0 aliphatic heterocycles. The Morgan fingerprint density at radius 2 is 1.15 bits per heavy atom. The van der Waals surface area contributed by atoms with Gasteiger partial charge in [-0.2, -0.15) is 9.97 Å². The zero-order chi connectivity index (χ0) is 40.4. The van der Waals surface area contributed by atoms with Gasteiger partial charge in [0.15, 0.2) is 11.6 Å². The molecule has 0 saturated heterocycles. The van der Waals surface area contributed by atoms with Crippen molar-refractivity contribution in [3.05, 3.63) is 23.4 Å². The number of nitrogens with zero attached hydrogens (tertiary/aromatic N) is 5. The van der Waals surface area contributed by atoms with Gasteiger partial charge in [0.05, 0.1) is 25.9 Å². The Bertz CT molecular complexity index is 1420. The van der Waals surface area contributed by atoms with Crippen LogP contribution >= 0.6 is 0 Å². The van der Waals surface area contributed by atoms with E-state index >= 15 is 0 Å². The second-order valence-electron chi connectivity index (χ2n) is 17.7. The summed E-state index contributed by atoms with van der Waals surface area (Å²) in [5.41, 5.74) is 4.56. The van der Waals surface area contributed by atoms with Crippen LogP contribution in [0.3, 0.4) is 0 Å². The van der Waals surface area contributed by atoms with Crippen LogP contribution in [0.4, 0.5) is 4.79 Å². The molecule has 2 aromatic heterocycles. The number of amides is 2. The molecule has 2 aliphatic rings.